The first-order valence-corrected chi connectivity index (χ1v) is 10.2. The fourth-order valence-corrected chi connectivity index (χ4v) is 4.30. The van der Waals surface area contributed by atoms with Gasteiger partial charge in [-0.3, -0.25) is 9.59 Å². The molecular formula is C19H20F3N3O5S. The lowest BCUT2D eigenvalue weighted by molar-refractivity contribution is -0.192. The van der Waals surface area contributed by atoms with Gasteiger partial charge in [0.05, 0.1) is 28.9 Å². The molecule has 2 fully saturated rings. The highest BCUT2D eigenvalue weighted by Gasteiger charge is 2.51. The SMILES string of the molecule is Cc1nc(CN2CCC3(CCN(C(=O)c4ccco4)C3)C2=O)cs1.O=C(O)C(F)(F)F. The number of alkyl halides is 3. The van der Waals surface area contributed by atoms with Gasteiger partial charge in [0.15, 0.2) is 5.76 Å². The number of furan rings is 1. The number of aliphatic carboxylic acids is 1. The summed E-state index contributed by atoms with van der Waals surface area (Å²) in [4.78, 5) is 42.3. The fraction of sp³-hybridized carbons (Fsp3) is 0.474. The highest BCUT2D eigenvalue weighted by atomic mass is 32.1. The summed E-state index contributed by atoms with van der Waals surface area (Å²) in [6, 6.07) is 3.37. The van der Waals surface area contributed by atoms with Gasteiger partial charge in [-0.05, 0) is 31.9 Å². The molecule has 2 aliphatic heterocycles. The largest absolute Gasteiger partial charge is 0.490 e. The first-order chi connectivity index (χ1) is 14.5. The van der Waals surface area contributed by atoms with Gasteiger partial charge >= 0.3 is 12.1 Å². The molecule has 168 valence electrons. The molecule has 4 heterocycles. The summed E-state index contributed by atoms with van der Waals surface area (Å²) in [7, 11) is 0. The number of aryl methyl sites for hydroxylation is 1. The lowest BCUT2D eigenvalue weighted by Crippen LogP contribution is -2.38. The third-order valence-electron chi connectivity index (χ3n) is 5.24. The number of halogens is 3. The molecule has 31 heavy (non-hydrogen) atoms. The fourth-order valence-electron chi connectivity index (χ4n) is 3.70. The van der Waals surface area contributed by atoms with Crippen molar-refractivity contribution in [3.8, 4) is 0 Å². The van der Waals surface area contributed by atoms with Gasteiger partial charge in [0, 0.05) is 25.0 Å². The molecule has 2 aromatic heterocycles. The molecule has 2 amide bonds. The van der Waals surface area contributed by atoms with Crippen LogP contribution in [0.25, 0.3) is 0 Å². The van der Waals surface area contributed by atoms with Crippen LogP contribution in [0.2, 0.25) is 0 Å². The summed E-state index contributed by atoms with van der Waals surface area (Å²) in [6.45, 7) is 4.36. The second kappa shape index (κ2) is 8.69. The van der Waals surface area contributed by atoms with Crippen molar-refractivity contribution in [3.63, 3.8) is 0 Å². The van der Waals surface area contributed by atoms with E-state index in [-0.39, 0.29) is 11.8 Å². The third-order valence-corrected chi connectivity index (χ3v) is 6.06. The minimum Gasteiger partial charge on any atom is -0.475 e. The third kappa shape index (κ3) is 5.06. The Morgan fingerprint density at radius 1 is 1.32 bits per heavy atom. The molecule has 2 aliphatic rings. The minimum absolute atomic E-state index is 0.127. The number of carbonyl (C=O) groups excluding carboxylic acids is 2. The molecule has 8 nitrogen and oxygen atoms in total. The summed E-state index contributed by atoms with van der Waals surface area (Å²) in [5, 5.41) is 10.2. The molecule has 2 saturated heterocycles. The van der Waals surface area contributed by atoms with E-state index in [4.69, 9.17) is 14.3 Å². The number of nitrogens with zero attached hydrogens (tertiary/aromatic N) is 3. The van der Waals surface area contributed by atoms with Crippen LogP contribution >= 0.6 is 11.3 Å². The Morgan fingerprint density at radius 2 is 2.00 bits per heavy atom. The maximum absolute atomic E-state index is 12.9. The highest BCUT2D eigenvalue weighted by molar-refractivity contribution is 7.09. The molecular weight excluding hydrogens is 439 g/mol. The van der Waals surface area contributed by atoms with Crippen LogP contribution < -0.4 is 0 Å². The summed E-state index contributed by atoms with van der Waals surface area (Å²) >= 11 is 1.60. The van der Waals surface area contributed by atoms with E-state index in [0.29, 0.717) is 25.4 Å². The summed E-state index contributed by atoms with van der Waals surface area (Å²) < 4.78 is 36.9. The van der Waals surface area contributed by atoms with Crippen LogP contribution in [0.4, 0.5) is 13.2 Å². The van der Waals surface area contributed by atoms with E-state index in [0.717, 1.165) is 30.1 Å². The van der Waals surface area contributed by atoms with Gasteiger partial charge in [0.2, 0.25) is 5.91 Å². The maximum atomic E-state index is 12.9. The first-order valence-electron chi connectivity index (χ1n) is 9.35. The Labute approximate surface area is 179 Å². The van der Waals surface area contributed by atoms with Crippen LogP contribution in [0, 0.1) is 12.3 Å². The minimum atomic E-state index is -5.08. The Morgan fingerprint density at radius 3 is 2.55 bits per heavy atom. The molecule has 1 atom stereocenters. The van der Waals surface area contributed by atoms with E-state index < -0.39 is 17.6 Å². The molecule has 4 rings (SSSR count). The lowest BCUT2D eigenvalue weighted by atomic mass is 9.85. The molecule has 0 aromatic carbocycles. The number of carboxylic acid groups (broad SMARTS) is 1. The average Bonchev–Trinajstić information content (AvgIpc) is 3.48. The number of aromatic nitrogens is 1. The standard InChI is InChI=1S/C17H19N3O3S.C2HF3O2/c1-12-18-13(10-24-12)9-19-6-4-17(16(19)22)5-7-20(11-17)15(21)14-3-2-8-23-14;3-2(4,5)1(6)7/h2-3,8,10H,4-7,9,11H2,1H3;(H,6,7). The topological polar surface area (TPSA) is 104 Å². The number of thiazole rings is 1. The van der Waals surface area contributed by atoms with Gasteiger partial charge in [-0.25, -0.2) is 9.78 Å². The molecule has 0 radical (unpaired) electrons. The zero-order valence-corrected chi connectivity index (χ0v) is 17.3. The van der Waals surface area contributed by atoms with Crippen molar-refractivity contribution in [2.75, 3.05) is 19.6 Å². The van der Waals surface area contributed by atoms with Crippen LogP contribution in [-0.4, -0.2) is 63.5 Å². The Bertz CT molecular complexity index is 959. The number of likely N-dealkylation sites (tertiary alicyclic amines) is 2. The van der Waals surface area contributed by atoms with Crippen molar-refractivity contribution >= 4 is 29.1 Å². The first kappa shape index (κ1) is 22.8. The second-order valence-electron chi connectivity index (χ2n) is 7.37. The zero-order valence-electron chi connectivity index (χ0n) is 16.5. The maximum Gasteiger partial charge on any atom is 0.490 e. The van der Waals surface area contributed by atoms with Crippen LogP contribution in [0.5, 0.6) is 0 Å². The Kier molecular flexibility index (Phi) is 6.39. The van der Waals surface area contributed by atoms with E-state index in [9.17, 15) is 22.8 Å². The van der Waals surface area contributed by atoms with Gasteiger partial charge in [-0.2, -0.15) is 13.2 Å². The predicted molar refractivity (Wildman–Crippen MR) is 102 cm³/mol. The normalized spacial score (nSPS) is 20.8. The predicted octanol–water partition coefficient (Wildman–Crippen LogP) is 2.94. The molecule has 1 spiro atoms. The smallest absolute Gasteiger partial charge is 0.475 e. The van der Waals surface area contributed by atoms with Crippen molar-refractivity contribution in [1.29, 1.82) is 0 Å². The average molecular weight is 459 g/mol. The molecule has 12 heteroatoms. The van der Waals surface area contributed by atoms with E-state index in [1.165, 1.54) is 6.26 Å². The molecule has 1 unspecified atom stereocenters. The van der Waals surface area contributed by atoms with Gasteiger partial charge in [-0.1, -0.05) is 0 Å². The van der Waals surface area contributed by atoms with Gasteiger partial charge < -0.3 is 19.3 Å². The zero-order chi connectivity index (χ0) is 22.8. The monoisotopic (exact) mass is 459 g/mol. The van der Waals surface area contributed by atoms with Gasteiger partial charge in [0.1, 0.15) is 0 Å². The van der Waals surface area contributed by atoms with Crippen molar-refractivity contribution < 1.29 is 37.1 Å². The number of hydrogen-bond donors (Lipinski definition) is 1. The van der Waals surface area contributed by atoms with E-state index in [1.807, 2.05) is 17.2 Å². The quantitative estimate of drug-likeness (QED) is 0.757. The Hall–Kier alpha value is -2.89. The van der Waals surface area contributed by atoms with Crippen molar-refractivity contribution in [1.82, 2.24) is 14.8 Å². The van der Waals surface area contributed by atoms with Crippen LogP contribution in [0.15, 0.2) is 28.2 Å². The number of carbonyl (C=O) groups is 3. The molecule has 0 saturated carbocycles. The molecule has 0 aliphatic carbocycles. The van der Waals surface area contributed by atoms with Gasteiger partial charge in [-0.15, -0.1) is 11.3 Å². The van der Waals surface area contributed by atoms with Crippen LogP contribution in [-0.2, 0) is 16.1 Å². The number of carboxylic acids is 1. The number of rotatable bonds is 3. The van der Waals surface area contributed by atoms with Crippen molar-refractivity contribution in [2.24, 2.45) is 5.41 Å². The summed E-state index contributed by atoms with van der Waals surface area (Å²) in [5.74, 6) is -2.39. The van der Waals surface area contributed by atoms with Crippen molar-refractivity contribution in [3.05, 3.63) is 40.2 Å². The summed E-state index contributed by atoms with van der Waals surface area (Å²) in [5.41, 5.74) is 0.525. The molecule has 2 aromatic rings. The Balaban J connectivity index is 0.000000339. The van der Waals surface area contributed by atoms with E-state index >= 15 is 0 Å². The molecule has 1 N–H and O–H groups in total. The van der Waals surface area contributed by atoms with Crippen molar-refractivity contribution in [2.45, 2.75) is 32.5 Å². The van der Waals surface area contributed by atoms with Gasteiger partial charge in [0.25, 0.3) is 5.91 Å². The number of amides is 2. The number of hydrogen-bond acceptors (Lipinski definition) is 6. The second-order valence-corrected chi connectivity index (χ2v) is 8.43. The van der Waals surface area contributed by atoms with E-state index in [1.54, 1.807) is 28.4 Å². The van der Waals surface area contributed by atoms with E-state index in [2.05, 4.69) is 4.98 Å². The molecule has 0 bridgehead atoms. The van der Waals surface area contributed by atoms with Crippen LogP contribution in [0.3, 0.4) is 0 Å². The summed E-state index contributed by atoms with van der Waals surface area (Å²) in [6.07, 6.45) is -2.06. The highest BCUT2D eigenvalue weighted by Crippen LogP contribution is 2.41. The lowest BCUT2D eigenvalue weighted by Gasteiger charge is -2.23. The van der Waals surface area contributed by atoms with Crippen LogP contribution in [0.1, 0.15) is 34.1 Å².